The van der Waals surface area contributed by atoms with Crippen molar-refractivity contribution in [2.24, 2.45) is 0 Å². The number of benzene rings is 1. The van der Waals surface area contributed by atoms with E-state index in [0.29, 0.717) is 12.1 Å². The molecule has 0 aliphatic heterocycles. The van der Waals surface area contributed by atoms with Crippen LogP contribution in [-0.4, -0.2) is 21.2 Å². The van der Waals surface area contributed by atoms with Gasteiger partial charge in [-0.05, 0) is 24.3 Å². The second kappa shape index (κ2) is 5.98. The molecule has 22 heavy (non-hydrogen) atoms. The number of nitrogens with zero attached hydrogens (tertiary/aromatic N) is 2. The summed E-state index contributed by atoms with van der Waals surface area (Å²) in [6.45, 7) is 0. The second-order valence-electron chi connectivity index (χ2n) is 4.06. The summed E-state index contributed by atoms with van der Waals surface area (Å²) in [4.78, 5) is 12.0. The Hall–Kier alpha value is -2.06. The molecule has 116 valence electrons. The van der Waals surface area contributed by atoms with Crippen molar-refractivity contribution in [1.82, 2.24) is 10.2 Å². The molecule has 0 aliphatic rings. The summed E-state index contributed by atoms with van der Waals surface area (Å²) in [5, 5.41) is 18.3. The average Bonchev–Trinajstić information content (AvgIpc) is 2.42. The van der Waals surface area contributed by atoms with Crippen molar-refractivity contribution in [1.29, 1.82) is 0 Å². The lowest BCUT2D eigenvalue weighted by Gasteiger charge is -2.11. The van der Waals surface area contributed by atoms with E-state index in [4.69, 9.17) is 23.2 Å². The Kier molecular flexibility index (Phi) is 4.43. The molecule has 5 nitrogen and oxygen atoms in total. The number of hydrogen-bond donors (Lipinski definition) is 2. The zero-order chi connectivity index (χ0) is 16.5. The number of carbonyl (C=O) groups is 1. The van der Waals surface area contributed by atoms with Gasteiger partial charge in [-0.25, -0.2) is 0 Å². The number of aromatic hydroxyl groups is 1. The number of halogens is 5. The van der Waals surface area contributed by atoms with Gasteiger partial charge in [0.25, 0.3) is 5.91 Å². The minimum absolute atomic E-state index is 0.0915. The normalized spacial score (nSPS) is 11.3. The molecule has 0 saturated heterocycles. The van der Waals surface area contributed by atoms with Gasteiger partial charge in [0.2, 0.25) is 0 Å². The maximum absolute atomic E-state index is 12.5. The molecule has 0 radical (unpaired) electrons. The molecule has 0 spiro atoms. The minimum Gasteiger partial charge on any atom is -0.506 e. The van der Waals surface area contributed by atoms with Gasteiger partial charge in [-0.15, -0.1) is 10.2 Å². The van der Waals surface area contributed by atoms with Crippen LogP contribution in [-0.2, 0) is 6.18 Å². The van der Waals surface area contributed by atoms with E-state index in [2.05, 4.69) is 15.5 Å². The molecule has 1 amide bonds. The summed E-state index contributed by atoms with van der Waals surface area (Å²) < 4.78 is 37.4. The van der Waals surface area contributed by atoms with E-state index in [-0.39, 0.29) is 21.6 Å². The fourth-order valence-corrected chi connectivity index (χ4v) is 1.84. The molecule has 0 fully saturated rings. The number of hydrogen-bond acceptors (Lipinski definition) is 4. The fraction of sp³-hybridized carbons (Fsp3) is 0.0833. The van der Waals surface area contributed by atoms with Gasteiger partial charge in [-0.3, -0.25) is 4.79 Å². The maximum atomic E-state index is 12.5. The smallest absolute Gasteiger partial charge is 0.416 e. The summed E-state index contributed by atoms with van der Waals surface area (Å²) >= 11 is 11.3. The number of anilines is 1. The molecule has 2 rings (SSSR count). The SMILES string of the molecule is O=C(Nc1ccc(C(F)(F)F)cc1O)c1cc(Cl)nnc1Cl. The molecule has 1 heterocycles. The van der Waals surface area contributed by atoms with Crippen LogP contribution < -0.4 is 5.32 Å². The Balaban J connectivity index is 2.27. The molecule has 1 aromatic carbocycles. The summed E-state index contributed by atoms with van der Waals surface area (Å²) in [5.74, 6) is -1.55. The van der Waals surface area contributed by atoms with Crippen LogP contribution in [0.4, 0.5) is 18.9 Å². The molecule has 0 aliphatic carbocycles. The Bertz CT molecular complexity index is 738. The van der Waals surface area contributed by atoms with E-state index in [9.17, 15) is 23.1 Å². The molecule has 2 N–H and O–H groups in total. The topological polar surface area (TPSA) is 75.1 Å². The van der Waals surface area contributed by atoms with Gasteiger partial charge in [0.05, 0.1) is 16.8 Å². The highest BCUT2D eigenvalue weighted by Gasteiger charge is 2.31. The highest BCUT2D eigenvalue weighted by Crippen LogP contribution is 2.34. The molecule has 10 heteroatoms. The molecule has 0 unspecified atom stereocenters. The van der Waals surface area contributed by atoms with Crippen molar-refractivity contribution in [2.45, 2.75) is 6.18 Å². The number of nitrogens with one attached hydrogen (secondary N) is 1. The van der Waals surface area contributed by atoms with E-state index in [0.717, 1.165) is 12.1 Å². The lowest BCUT2D eigenvalue weighted by molar-refractivity contribution is -0.137. The molecule has 0 atom stereocenters. The van der Waals surface area contributed by atoms with Crippen LogP contribution in [0.2, 0.25) is 10.3 Å². The predicted molar refractivity (Wildman–Crippen MR) is 73.1 cm³/mol. The first kappa shape index (κ1) is 16.3. The van der Waals surface area contributed by atoms with Crippen molar-refractivity contribution in [2.75, 3.05) is 5.32 Å². The quantitative estimate of drug-likeness (QED) is 0.807. The average molecular weight is 352 g/mol. The Morgan fingerprint density at radius 2 is 1.86 bits per heavy atom. The predicted octanol–water partition coefficient (Wildman–Crippen LogP) is 3.76. The second-order valence-corrected chi connectivity index (χ2v) is 4.80. The van der Waals surface area contributed by atoms with E-state index < -0.39 is 23.4 Å². The first-order valence-corrected chi connectivity index (χ1v) is 6.34. The number of phenols is 1. The highest BCUT2D eigenvalue weighted by molar-refractivity contribution is 6.34. The zero-order valence-electron chi connectivity index (χ0n) is 10.4. The number of aromatic nitrogens is 2. The van der Waals surface area contributed by atoms with Crippen LogP contribution >= 0.6 is 23.2 Å². The third-order valence-corrected chi connectivity index (χ3v) is 3.00. The molecule has 0 saturated carbocycles. The third kappa shape index (κ3) is 3.58. The number of alkyl halides is 3. The van der Waals surface area contributed by atoms with Crippen molar-refractivity contribution in [3.8, 4) is 5.75 Å². The van der Waals surface area contributed by atoms with Crippen molar-refractivity contribution in [3.05, 3.63) is 45.7 Å². The van der Waals surface area contributed by atoms with Crippen molar-refractivity contribution < 1.29 is 23.1 Å². The molecule has 0 bridgehead atoms. The van der Waals surface area contributed by atoms with Crippen LogP contribution in [0.3, 0.4) is 0 Å². The van der Waals surface area contributed by atoms with Gasteiger partial charge in [0.1, 0.15) is 5.75 Å². The summed E-state index contributed by atoms with van der Waals surface area (Å²) in [7, 11) is 0. The number of carbonyl (C=O) groups excluding carboxylic acids is 1. The van der Waals surface area contributed by atoms with E-state index in [1.54, 1.807) is 0 Å². The van der Waals surface area contributed by atoms with Gasteiger partial charge >= 0.3 is 6.18 Å². The lowest BCUT2D eigenvalue weighted by Crippen LogP contribution is -2.14. The van der Waals surface area contributed by atoms with Crippen LogP contribution in [0.5, 0.6) is 5.75 Å². The van der Waals surface area contributed by atoms with Crippen LogP contribution in [0.15, 0.2) is 24.3 Å². The van der Waals surface area contributed by atoms with E-state index >= 15 is 0 Å². The molecule has 2 aromatic rings. The monoisotopic (exact) mass is 351 g/mol. The van der Waals surface area contributed by atoms with Gasteiger partial charge in [-0.1, -0.05) is 23.2 Å². The summed E-state index contributed by atoms with van der Waals surface area (Å²) in [6, 6.07) is 3.26. The highest BCUT2D eigenvalue weighted by atomic mass is 35.5. The molecular weight excluding hydrogens is 346 g/mol. The minimum atomic E-state index is -4.61. The van der Waals surface area contributed by atoms with Gasteiger partial charge in [-0.2, -0.15) is 13.2 Å². The van der Waals surface area contributed by atoms with E-state index in [1.807, 2.05) is 0 Å². The number of phenolic OH excluding ortho intramolecular Hbond substituents is 1. The number of rotatable bonds is 2. The number of amides is 1. The van der Waals surface area contributed by atoms with E-state index in [1.165, 1.54) is 0 Å². The van der Waals surface area contributed by atoms with Crippen molar-refractivity contribution in [3.63, 3.8) is 0 Å². The van der Waals surface area contributed by atoms with Gasteiger partial charge < -0.3 is 10.4 Å². The Morgan fingerprint density at radius 3 is 2.45 bits per heavy atom. The van der Waals surface area contributed by atoms with Crippen molar-refractivity contribution >= 4 is 34.8 Å². The molecular formula is C12H6Cl2F3N3O2. The van der Waals surface area contributed by atoms with Gasteiger partial charge in [0, 0.05) is 0 Å². The first-order chi connectivity index (χ1) is 10.2. The van der Waals surface area contributed by atoms with Crippen LogP contribution in [0.1, 0.15) is 15.9 Å². The first-order valence-electron chi connectivity index (χ1n) is 5.59. The van der Waals surface area contributed by atoms with Gasteiger partial charge in [0.15, 0.2) is 10.3 Å². The Morgan fingerprint density at radius 1 is 1.18 bits per heavy atom. The zero-order valence-corrected chi connectivity index (χ0v) is 12.0. The summed E-state index contributed by atoms with van der Waals surface area (Å²) in [6.07, 6.45) is -4.61. The largest absolute Gasteiger partial charge is 0.506 e. The maximum Gasteiger partial charge on any atom is 0.416 e. The van der Waals surface area contributed by atoms with Crippen LogP contribution in [0, 0.1) is 0 Å². The standard InChI is InChI=1S/C12H6Cl2F3N3O2/c13-9-4-6(10(14)20-19-9)11(22)18-7-2-1-5(3-8(7)21)12(15,16)17/h1-4,21H,(H,18,22). The third-order valence-electron chi connectivity index (χ3n) is 2.54. The lowest BCUT2D eigenvalue weighted by atomic mass is 10.1. The molecule has 1 aromatic heterocycles. The van der Waals surface area contributed by atoms with Crippen LogP contribution in [0.25, 0.3) is 0 Å². The summed E-state index contributed by atoms with van der Waals surface area (Å²) in [5.41, 5.74) is -1.40. The Labute approximate surface area is 131 Å². The fourth-order valence-electron chi connectivity index (χ4n) is 1.52.